The van der Waals surface area contributed by atoms with Crippen LogP contribution in [-0.2, 0) is 0 Å². The van der Waals surface area contributed by atoms with Crippen molar-refractivity contribution in [3.63, 3.8) is 0 Å². The van der Waals surface area contributed by atoms with Gasteiger partial charge in [0.15, 0.2) is 17.1 Å². The molecule has 0 saturated heterocycles. The van der Waals surface area contributed by atoms with E-state index in [4.69, 9.17) is 14.2 Å². The summed E-state index contributed by atoms with van der Waals surface area (Å²) in [4.78, 5) is 13.6. The molecule has 0 fully saturated rings. The number of ether oxygens (including phenoxy) is 3. The number of benzene rings is 1. The van der Waals surface area contributed by atoms with Crippen LogP contribution < -0.4 is 19.5 Å². The fraction of sp³-hybridized carbons (Fsp3) is 0.333. The number of aromatic nitrogens is 6. The number of aryl methyl sites for hydroxylation is 1. The lowest BCUT2D eigenvalue weighted by molar-refractivity contribution is 0.324. The first kappa shape index (κ1) is 20.5. The predicted molar refractivity (Wildman–Crippen MR) is 117 cm³/mol. The maximum absolute atomic E-state index is 5.45. The number of hydrogen-bond acceptors (Lipinski definition) is 8. The van der Waals surface area contributed by atoms with Crippen LogP contribution in [0.5, 0.6) is 17.2 Å². The Morgan fingerprint density at radius 3 is 2.32 bits per heavy atom. The van der Waals surface area contributed by atoms with Crippen molar-refractivity contribution in [3.05, 3.63) is 36.7 Å². The Balaban J connectivity index is 1.70. The summed E-state index contributed by atoms with van der Waals surface area (Å²) < 4.78 is 20.0. The van der Waals surface area contributed by atoms with Gasteiger partial charge in [-0.2, -0.15) is 5.10 Å². The van der Waals surface area contributed by atoms with Gasteiger partial charge in [0.25, 0.3) is 0 Å². The maximum atomic E-state index is 5.45. The van der Waals surface area contributed by atoms with E-state index in [1.165, 1.54) is 0 Å². The van der Waals surface area contributed by atoms with E-state index in [1.807, 2.05) is 34.5 Å². The summed E-state index contributed by atoms with van der Waals surface area (Å²) in [6, 6.07) is 3.90. The highest BCUT2D eigenvalue weighted by atomic mass is 16.5. The highest BCUT2D eigenvalue weighted by molar-refractivity contribution is 5.88. The highest BCUT2D eigenvalue weighted by Gasteiger charge is 2.16. The molecule has 1 N–H and O–H groups in total. The minimum atomic E-state index is 0.193. The molecule has 4 rings (SSSR count). The van der Waals surface area contributed by atoms with Gasteiger partial charge in [-0.1, -0.05) is 0 Å². The van der Waals surface area contributed by atoms with E-state index < -0.39 is 0 Å². The number of hydrogen-bond donors (Lipinski definition) is 1. The number of methoxy groups -OCH3 is 3. The molecule has 0 unspecified atom stereocenters. The van der Waals surface area contributed by atoms with Crippen molar-refractivity contribution in [2.24, 2.45) is 0 Å². The van der Waals surface area contributed by atoms with Gasteiger partial charge in [0.2, 0.25) is 5.75 Å². The van der Waals surface area contributed by atoms with Crippen molar-refractivity contribution < 1.29 is 14.2 Å². The third-order valence-corrected chi connectivity index (χ3v) is 4.83. The lowest BCUT2D eigenvalue weighted by Crippen LogP contribution is -2.05. The van der Waals surface area contributed by atoms with Gasteiger partial charge in [-0.05, 0) is 20.8 Å². The van der Waals surface area contributed by atoms with E-state index in [9.17, 15) is 0 Å². The van der Waals surface area contributed by atoms with Gasteiger partial charge in [0, 0.05) is 18.2 Å². The third kappa shape index (κ3) is 3.72. The normalized spacial score (nSPS) is 11.2. The molecule has 3 heterocycles. The van der Waals surface area contributed by atoms with Crippen LogP contribution in [0.25, 0.3) is 16.7 Å². The zero-order valence-corrected chi connectivity index (χ0v) is 18.4. The molecule has 0 amide bonds. The molecule has 10 heteroatoms. The average Bonchev–Trinajstić information content (AvgIpc) is 3.39. The number of anilines is 2. The Bertz CT molecular complexity index is 1200. The Morgan fingerprint density at radius 1 is 1.00 bits per heavy atom. The first-order valence-electron chi connectivity index (χ1n) is 9.78. The molecule has 0 atom stereocenters. The van der Waals surface area contributed by atoms with Gasteiger partial charge in [0.1, 0.15) is 23.8 Å². The van der Waals surface area contributed by atoms with Gasteiger partial charge in [-0.3, -0.25) is 0 Å². The molecular formula is C21H25N7O3. The zero-order valence-electron chi connectivity index (χ0n) is 18.4. The molecule has 0 bridgehead atoms. The van der Waals surface area contributed by atoms with Crippen molar-refractivity contribution in [3.8, 4) is 22.9 Å². The van der Waals surface area contributed by atoms with Crippen molar-refractivity contribution >= 4 is 22.7 Å². The molecule has 3 aromatic heterocycles. The van der Waals surface area contributed by atoms with Crippen molar-refractivity contribution in [1.82, 2.24) is 29.3 Å². The summed E-state index contributed by atoms with van der Waals surface area (Å²) in [5.41, 5.74) is 1.60. The van der Waals surface area contributed by atoms with Crippen molar-refractivity contribution in [2.75, 3.05) is 26.6 Å². The largest absolute Gasteiger partial charge is 0.493 e. The average molecular weight is 423 g/mol. The summed E-state index contributed by atoms with van der Waals surface area (Å²) in [6.45, 7) is 5.99. The summed E-state index contributed by atoms with van der Waals surface area (Å²) in [5.74, 6) is 3.60. The monoisotopic (exact) mass is 423 g/mol. The second-order valence-electron chi connectivity index (χ2n) is 7.21. The minimum absolute atomic E-state index is 0.193. The van der Waals surface area contributed by atoms with E-state index in [1.54, 1.807) is 33.9 Å². The molecule has 0 aliphatic rings. The Hall–Kier alpha value is -3.82. The van der Waals surface area contributed by atoms with Crippen LogP contribution in [0.4, 0.5) is 11.6 Å². The molecule has 1 aromatic carbocycles. The zero-order chi connectivity index (χ0) is 22.1. The van der Waals surface area contributed by atoms with Gasteiger partial charge in [0.05, 0.1) is 44.8 Å². The van der Waals surface area contributed by atoms with E-state index in [0.29, 0.717) is 34.7 Å². The molecule has 0 aliphatic carbocycles. The summed E-state index contributed by atoms with van der Waals surface area (Å²) >= 11 is 0. The van der Waals surface area contributed by atoms with Crippen molar-refractivity contribution in [1.29, 1.82) is 0 Å². The molecule has 0 saturated carbocycles. The van der Waals surface area contributed by atoms with Crippen LogP contribution in [-0.4, -0.2) is 50.6 Å². The number of nitrogens with one attached hydrogen (secondary N) is 1. The number of nitrogens with zero attached hydrogens (tertiary/aromatic N) is 6. The highest BCUT2D eigenvalue weighted by Crippen LogP contribution is 2.39. The van der Waals surface area contributed by atoms with Crippen LogP contribution in [0.2, 0.25) is 0 Å². The lowest BCUT2D eigenvalue weighted by atomic mass is 10.2. The number of fused-ring (bicyclic) bond motifs is 1. The summed E-state index contributed by atoms with van der Waals surface area (Å²) in [7, 11) is 4.75. The van der Waals surface area contributed by atoms with E-state index >= 15 is 0 Å². The molecule has 162 valence electrons. The van der Waals surface area contributed by atoms with Crippen molar-refractivity contribution in [2.45, 2.75) is 26.8 Å². The Labute approximate surface area is 179 Å². The Kier molecular flexibility index (Phi) is 5.37. The first-order valence-corrected chi connectivity index (χ1v) is 9.78. The second-order valence-corrected chi connectivity index (χ2v) is 7.21. The maximum Gasteiger partial charge on any atom is 0.203 e. The third-order valence-electron chi connectivity index (χ3n) is 4.83. The van der Waals surface area contributed by atoms with Gasteiger partial charge < -0.3 is 24.1 Å². The number of rotatable bonds is 7. The SMILES string of the molecule is COc1cc(-n2cnc(Nc3nc(C)nc4c3cnn4C(C)C)c2)cc(OC)c1OC. The van der Waals surface area contributed by atoms with E-state index in [2.05, 4.69) is 39.2 Å². The molecule has 0 aliphatic heterocycles. The molecule has 10 nitrogen and oxygen atoms in total. The molecule has 31 heavy (non-hydrogen) atoms. The van der Waals surface area contributed by atoms with E-state index in [0.717, 1.165) is 16.7 Å². The smallest absolute Gasteiger partial charge is 0.203 e. The van der Waals surface area contributed by atoms with Gasteiger partial charge in [-0.25, -0.2) is 19.6 Å². The van der Waals surface area contributed by atoms with E-state index in [-0.39, 0.29) is 6.04 Å². The fourth-order valence-electron chi connectivity index (χ4n) is 3.37. The Morgan fingerprint density at radius 2 is 1.71 bits per heavy atom. The second kappa shape index (κ2) is 8.13. The summed E-state index contributed by atoms with van der Waals surface area (Å²) in [5, 5.41) is 8.58. The summed E-state index contributed by atoms with van der Waals surface area (Å²) in [6.07, 6.45) is 5.33. The standard InChI is InChI=1S/C21H25N7O3/c1-12(2)28-21-15(9-23-28)20(24-13(3)25-21)26-18-10-27(11-22-18)14-7-16(29-4)19(31-6)17(8-14)30-5/h7-12H,1-6H3,(H,24,25,26). The predicted octanol–water partition coefficient (Wildman–Crippen LogP) is 3.67. The topological polar surface area (TPSA) is 101 Å². The fourth-order valence-corrected chi connectivity index (χ4v) is 3.37. The first-order chi connectivity index (χ1) is 14.9. The molecule has 0 spiro atoms. The molecule has 4 aromatic rings. The van der Waals surface area contributed by atoms with Crippen LogP contribution in [0.15, 0.2) is 30.9 Å². The van der Waals surface area contributed by atoms with Gasteiger partial charge >= 0.3 is 0 Å². The van der Waals surface area contributed by atoms with Crippen LogP contribution in [0.3, 0.4) is 0 Å². The van der Waals surface area contributed by atoms with Crippen LogP contribution in [0.1, 0.15) is 25.7 Å². The quantitative estimate of drug-likeness (QED) is 0.480. The lowest BCUT2D eigenvalue weighted by Gasteiger charge is -2.14. The van der Waals surface area contributed by atoms with Crippen LogP contribution in [0, 0.1) is 6.92 Å². The van der Waals surface area contributed by atoms with Gasteiger partial charge in [-0.15, -0.1) is 0 Å². The number of imidazole rings is 1. The van der Waals surface area contributed by atoms with Crippen LogP contribution >= 0.6 is 0 Å². The minimum Gasteiger partial charge on any atom is -0.493 e. The molecular weight excluding hydrogens is 398 g/mol. The molecule has 0 radical (unpaired) electrons.